The highest BCUT2D eigenvalue weighted by molar-refractivity contribution is 14.1. The van der Waals surface area contributed by atoms with Gasteiger partial charge in [0.15, 0.2) is 0 Å². The number of hydrazine groups is 1. The lowest BCUT2D eigenvalue weighted by Crippen LogP contribution is -2.60. The van der Waals surface area contributed by atoms with Crippen LogP contribution in [0.15, 0.2) is 36.4 Å². The number of carbonyl (C=O) groups is 4. The van der Waals surface area contributed by atoms with Crippen molar-refractivity contribution in [1.29, 1.82) is 0 Å². The first kappa shape index (κ1) is 32.1. The molecule has 212 valence electrons. The Morgan fingerprint density at radius 3 is 2.13 bits per heavy atom. The van der Waals surface area contributed by atoms with Crippen molar-refractivity contribution in [3.8, 4) is 5.75 Å². The van der Waals surface area contributed by atoms with Gasteiger partial charge in [0.2, 0.25) is 4.11 Å². The van der Waals surface area contributed by atoms with Crippen LogP contribution in [-0.2, 0) is 14.3 Å². The number of methoxy groups -OCH3 is 1. The molecular weight excluding hydrogens is 615 g/mol. The highest BCUT2D eigenvalue weighted by Crippen LogP contribution is 2.28. The SMILES string of the molecule is CCCCOC(=O)C(I)OC(=O)N(C(=O)c1cccc(OC)c1C)N(C(=O)c1cc(C)cc(C)c1)C(C)(C)C. The maximum Gasteiger partial charge on any atom is 0.438 e. The second-order valence-electron chi connectivity index (χ2n) is 10.1. The number of amides is 3. The van der Waals surface area contributed by atoms with Crippen molar-refractivity contribution in [2.24, 2.45) is 0 Å². The summed E-state index contributed by atoms with van der Waals surface area (Å²) in [6, 6.07) is 10.1. The molecule has 0 aliphatic rings. The molecule has 2 rings (SSSR count). The fraction of sp³-hybridized carbons (Fsp3) is 0.448. The molecule has 10 heteroatoms. The zero-order chi connectivity index (χ0) is 29.5. The first-order valence-electron chi connectivity index (χ1n) is 12.6. The van der Waals surface area contributed by atoms with Gasteiger partial charge in [0.1, 0.15) is 5.75 Å². The Morgan fingerprint density at radius 2 is 1.59 bits per heavy atom. The zero-order valence-corrected chi connectivity index (χ0v) is 26.0. The summed E-state index contributed by atoms with van der Waals surface area (Å²) >= 11 is 1.63. The molecule has 0 saturated heterocycles. The molecule has 0 heterocycles. The molecule has 0 aromatic heterocycles. The van der Waals surface area contributed by atoms with Gasteiger partial charge in [-0.15, -0.1) is 5.01 Å². The summed E-state index contributed by atoms with van der Waals surface area (Å²) in [6.07, 6.45) is 0.287. The highest BCUT2D eigenvalue weighted by Gasteiger charge is 2.42. The fourth-order valence-electron chi connectivity index (χ4n) is 3.92. The van der Waals surface area contributed by atoms with Gasteiger partial charge in [0.05, 0.1) is 19.3 Å². The van der Waals surface area contributed by atoms with Crippen molar-refractivity contribution in [2.75, 3.05) is 13.7 Å². The van der Waals surface area contributed by atoms with Crippen LogP contribution in [-0.4, -0.2) is 57.3 Å². The van der Waals surface area contributed by atoms with Gasteiger partial charge in [-0.2, -0.15) is 0 Å². The van der Waals surface area contributed by atoms with E-state index in [2.05, 4.69) is 0 Å². The smallest absolute Gasteiger partial charge is 0.438 e. The normalized spacial score (nSPS) is 11.8. The number of benzene rings is 2. The van der Waals surface area contributed by atoms with E-state index in [1.165, 1.54) is 13.2 Å². The van der Waals surface area contributed by atoms with Gasteiger partial charge in [-0.05, 0) is 94.8 Å². The van der Waals surface area contributed by atoms with Crippen molar-refractivity contribution in [2.45, 2.75) is 71.0 Å². The molecule has 2 aromatic carbocycles. The first-order valence-corrected chi connectivity index (χ1v) is 13.9. The Kier molecular flexibility index (Phi) is 11.3. The molecule has 39 heavy (non-hydrogen) atoms. The molecule has 2 aromatic rings. The third kappa shape index (κ3) is 8.17. The van der Waals surface area contributed by atoms with Crippen molar-refractivity contribution in [3.05, 3.63) is 64.2 Å². The Hall–Kier alpha value is -3.15. The standard InChI is InChI=1S/C29H37IN2O7/c1-9-10-14-38-27(35)24(30)39-28(36)31(26(34)22-12-11-13-23(37-8)20(22)4)32(29(5,6)7)25(33)21-16-18(2)15-19(3)17-21/h11-13,15-17,24H,9-10,14H2,1-8H3. The van der Waals surface area contributed by atoms with E-state index in [4.69, 9.17) is 14.2 Å². The number of esters is 1. The van der Waals surface area contributed by atoms with Crippen LogP contribution >= 0.6 is 22.6 Å². The molecule has 0 bridgehead atoms. The van der Waals surface area contributed by atoms with E-state index in [0.29, 0.717) is 28.3 Å². The minimum Gasteiger partial charge on any atom is -0.496 e. The maximum absolute atomic E-state index is 14.1. The molecule has 1 atom stereocenters. The molecule has 3 amide bonds. The van der Waals surface area contributed by atoms with Crippen LogP contribution in [0, 0.1) is 20.8 Å². The fourth-order valence-corrected chi connectivity index (χ4v) is 4.32. The van der Waals surface area contributed by atoms with Gasteiger partial charge >= 0.3 is 12.1 Å². The van der Waals surface area contributed by atoms with Crippen molar-refractivity contribution in [3.63, 3.8) is 0 Å². The summed E-state index contributed by atoms with van der Waals surface area (Å²) in [5.41, 5.74) is 1.53. The number of hydrogen-bond acceptors (Lipinski definition) is 7. The number of unbranched alkanes of at least 4 members (excludes halogenated alkanes) is 1. The van der Waals surface area contributed by atoms with Crippen molar-refractivity contribution < 1.29 is 33.4 Å². The number of carbonyl (C=O) groups excluding carboxylic acids is 4. The third-order valence-electron chi connectivity index (χ3n) is 5.73. The zero-order valence-electron chi connectivity index (χ0n) is 23.8. The number of imide groups is 1. The Balaban J connectivity index is 2.63. The number of nitrogens with zero attached hydrogens (tertiary/aromatic N) is 2. The first-order chi connectivity index (χ1) is 18.2. The lowest BCUT2D eigenvalue weighted by atomic mass is 10.0. The summed E-state index contributed by atoms with van der Waals surface area (Å²) in [6.45, 7) is 12.6. The Morgan fingerprint density at radius 1 is 0.974 bits per heavy atom. The monoisotopic (exact) mass is 652 g/mol. The van der Waals surface area contributed by atoms with Gasteiger partial charge in [0, 0.05) is 16.7 Å². The van der Waals surface area contributed by atoms with Crippen LogP contribution < -0.4 is 4.74 Å². The molecule has 0 fully saturated rings. The molecule has 0 aliphatic carbocycles. The van der Waals surface area contributed by atoms with Crippen LogP contribution in [0.5, 0.6) is 5.75 Å². The van der Waals surface area contributed by atoms with Crippen LogP contribution in [0.1, 0.15) is 77.9 Å². The van der Waals surface area contributed by atoms with Crippen LogP contribution in [0.4, 0.5) is 4.79 Å². The van der Waals surface area contributed by atoms with E-state index in [9.17, 15) is 19.2 Å². The van der Waals surface area contributed by atoms with Crippen LogP contribution in [0.3, 0.4) is 0 Å². The molecule has 9 nitrogen and oxygen atoms in total. The molecule has 0 radical (unpaired) electrons. The van der Waals surface area contributed by atoms with Gasteiger partial charge in [-0.25, -0.2) is 14.6 Å². The number of ether oxygens (including phenoxy) is 3. The predicted octanol–water partition coefficient (Wildman–Crippen LogP) is 6.16. The summed E-state index contributed by atoms with van der Waals surface area (Å²) in [4.78, 5) is 54.2. The number of aryl methyl sites for hydroxylation is 2. The number of rotatable bonds is 8. The van der Waals surface area contributed by atoms with E-state index in [0.717, 1.165) is 22.6 Å². The average molecular weight is 653 g/mol. The largest absolute Gasteiger partial charge is 0.496 e. The van der Waals surface area contributed by atoms with Crippen LogP contribution in [0.25, 0.3) is 0 Å². The van der Waals surface area contributed by atoms with E-state index >= 15 is 0 Å². The van der Waals surface area contributed by atoms with E-state index in [1.807, 2.05) is 26.8 Å². The molecule has 0 spiro atoms. The van der Waals surface area contributed by atoms with Gasteiger partial charge in [-0.3, -0.25) is 9.59 Å². The van der Waals surface area contributed by atoms with Crippen LogP contribution in [0.2, 0.25) is 0 Å². The second-order valence-corrected chi connectivity index (χ2v) is 11.3. The van der Waals surface area contributed by atoms with Gasteiger partial charge in [0.25, 0.3) is 11.8 Å². The Bertz CT molecular complexity index is 1200. The van der Waals surface area contributed by atoms with E-state index in [1.54, 1.807) is 74.6 Å². The quantitative estimate of drug-likeness (QED) is 0.111. The molecule has 0 saturated carbocycles. The van der Waals surface area contributed by atoms with Gasteiger partial charge in [-0.1, -0.05) is 36.6 Å². The predicted molar refractivity (Wildman–Crippen MR) is 156 cm³/mol. The summed E-state index contributed by atoms with van der Waals surface area (Å²) in [5.74, 6) is -1.73. The third-order valence-corrected chi connectivity index (χ3v) is 6.49. The molecule has 1 unspecified atom stereocenters. The lowest BCUT2D eigenvalue weighted by molar-refractivity contribution is -0.149. The minimum atomic E-state index is -1.34. The highest BCUT2D eigenvalue weighted by atomic mass is 127. The van der Waals surface area contributed by atoms with E-state index < -0.39 is 33.5 Å². The van der Waals surface area contributed by atoms with Gasteiger partial charge < -0.3 is 14.2 Å². The Labute approximate surface area is 243 Å². The molecule has 0 N–H and O–H groups in total. The second kappa shape index (κ2) is 13.8. The molecule has 0 aliphatic heterocycles. The maximum atomic E-state index is 14.1. The van der Waals surface area contributed by atoms with Crippen molar-refractivity contribution in [1.82, 2.24) is 10.0 Å². The number of hydrogen-bond donors (Lipinski definition) is 0. The number of alkyl halides is 1. The van der Waals surface area contributed by atoms with E-state index in [-0.39, 0.29) is 12.2 Å². The number of halogens is 1. The van der Waals surface area contributed by atoms with Crippen molar-refractivity contribution >= 4 is 46.5 Å². The molecular formula is C29H37IN2O7. The average Bonchev–Trinajstić information content (AvgIpc) is 2.85. The summed E-state index contributed by atoms with van der Waals surface area (Å²) in [5, 5.41) is 1.73. The summed E-state index contributed by atoms with van der Waals surface area (Å²) in [7, 11) is 1.47. The summed E-state index contributed by atoms with van der Waals surface area (Å²) < 4.78 is 14.6. The minimum absolute atomic E-state index is 0.129. The lowest BCUT2D eigenvalue weighted by Gasteiger charge is -2.41. The topological polar surface area (TPSA) is 102 Å².